The minimum Gasteiger partial charge on any atom is -0.193 e. The molecular formula is C13H8N2. The Morgan fingerprint density at radius 1 is 1.20 bits per heavy atom. The molecular weight excluding hydrogens is 184 g/mol. The predicted molar refractivity (Wildman–Crippen MR) is 55.0 cm³/mol. The lowest BCUT2D eigenvalue weighted by Gasteiger charge is -2.13. The quantitative estimate of drug-likeness (QED) is 0.634. The lowest BCUT2D eigenvalue weighted by Crippen LogP contribution is -2.00. The van der Waals surface area contributed by atoms with Crippen molar-refractivity contribution in [2.24, 2.45) is 0 Å². The Balaban J connectivity index is 2.25. The smallest absolute Gasteiger partial charge is 0.0994 e. The maximum Gasteiger partial charge on any atom is 0.0994 e. The molecule has 0 aromatic heterocycles. The highest BCUT2D eigenvalue weighted by molar-refractivity contribution is 5.60. The fourth-order valence-corrected chi connectivity index (χ4v) is 2.78. The second kappa shape index (κ2) is 2.72. The van der Waals surface area contributed by atoms with E-state index in [2.05, 4.69) is 18.2 Å². The highest BCUT2D eigenvalue weighted by Gasteiger charge is 2.39. The second-order valence-electron chi connectivity index (χ2n) is 4.05. The van der Waals surface area contributed by atoms with E-state index in [1.807, 2.05) is 18.2 Å². The van der Waals surface area contributed by atoms with Gasteiger partial charge in [-0.25, -0.2) is 0 Å². The molecule has 70 valence electrons. The highest BCUT2D eigenvalue weighted by atomic mass is 14.4. The molecule has 2 atom stereocenters. The van der Waals surface area contributed by atoms with Crippen LogP contribution in [0.3, 0.4) is 0 Å². The van der Waals surface area contributed by atoms with Gasteiger partial charge in [0, 0.05) is 17.4 Å². The molecule has 2 aliphatic rings. The van der Waals surface area contributed by atoms with Crippen molar-refractivity contribution < 1.29 is 0 Å². The predicted octanol–water partition coefficient (Wildman–Crippen LogP) is 2.59. The Hall–Kier alpha value is -2.06. The van der Waals surface area contributed by atoms with Crippen molar-refractivity contribution in [2.75, 3.05) is 0 Å². The van der Waals surface area contributed by atoms with Crippen molar-refractivity contribution in [1.29, 1.82) is 10.5 Å². The van der Waals surface area contributed by atoms with Gasteiger partial charge in [0.25, 0.3) is 0 Å². The van der Waals surface area contributed by atoms with Crippen molar-refractivity contribution in [3.63, 3.8) is 0 Å². The summed E-state index contributed by atoms with van der Waals surface area (Å²) in [7, 11) is 0. The van der Waals surface area contributed by atoms with Gasteiger partial charge in [-0.2, -0.15) is 10.5 Å². The van der Waals surface area contributed by atoms with Crippen molar-refractivity contribution in [2.45, 2.75) is 18.3 Å². The second-order valence-corrected chi connectivity index (χ2v) is 4.05. The third-order valence-corrected chi connectivity index (χ3v) is 3.38. The van der Waals surface area contributed by atoms with Gasteiger partial charge in [0.2, 0.25) is 0 Å². The molecule has 0 saturated heterocycles. The van der Waals surface area contributed by atoms with Crippen LogP contribution >= 0.6 is 0 Å². The molecule has 2 aliphatic carbocycles. The third-order valence-electron chi connectivity index (χ3n) is 3.38. The number of hydrogen-bond acceptors (Lipinski definition) is 2. The van der Waals surface area contributed by atoms with Crippen LogP contribution in [0, 0.1) is 22.7 Å². The first-order chi connectivity index (χ1) is 7.35. The molecule has 3 rings (SSSR count). The Kier molecular flexibility index (Phi) is 1.50. The Bertz CT molecular complexity index is 555. The Labute approximate surface area is 88.1 Å². The molecule has 0 radical (unpaired) electrons. The summed E-state index contributed by atoms with van der Waals surface area (Å²) in [6, 6.07) is 10.3. The number of allylic oxidation sites excluding steroid dienone is 2. The van der Waals surface area contributed by atoms with Gasteiger partial charge in [-0.15, -0.1) is 0 Å². The minimum absolute atomic E-state index is 0.186. The first-order valence-electron chi connectivity index (χ1n) is 5.00. The lowest BCUT2D eigenvalue weighted by molar-refractivity contribution is 0.793. The van der Waals surface area contributed by atoms with Crippen LogP contribution < -0.4 is 0 Å². The third kappa shape index (κ3) is 0.913. The van der Waals surface area contributed by atoms with E-state index in [-0.39, 0.29) is 5.92 Å². The number of nitriles is 2. The van der Waals surface area contributed by atoms with Gasteiger partial charge in [0.15, 0.2) is 0 Å². The average molecular weight is 192 g/mol. The van der Waals surface area contributed by atoms with Gasteiger partial charge in [0.05, 0.1) is 17.7 Å². The molecule has 15 heavy (non-hydrogen) atoms. The van der Waals surface area contributed by atoms with Gasteiger partial charge >= 0.3 is 0 Å². The Morgan fingerprint density at radius 3 is 2.80 bits per heavy atom. The van der Waals surface area contributed by atoms with Crippen molar-refractivity contribution in [1.82, 2.24) is 0 Å². The van der Waals surface area contributed by atoms with Crippen LogP contribution in [0.4, 0.5) is 0 Å². The number of fused-ring (bicyclic) bond motifs is 5. The van der Waals surface area contributed by atoms with E-state index in [9.17, 15) is 0 Å². The van der Waals surface area contributed by atoms with Crippen LogP contribution in [0.5, 0.6) is 0 Å². The van der Waals surface area contributed by atoms with Crippen LogP contribution in [0.2, 0.25) is 0 Å². The maximum atomic E-state index is 9.04. The summed E-state index contributed by atoms with van der Waals surface area (Å²) in [6.45, 7) is 0. The fourth-order valence-electron chi connectivity index (χ4n) is 2.78. The molecule has 0 aliphatic heterocycles. The van der Waals surface area contributed by atoms with Crippen LogP contribution in [-0.2, 0) is 0 Å². The van der Waals surface area contributed by atoms with E-state index in [4.69, 9.17) is 10.5 Å². The number of hydrogen-bond donors (Lipinski definition) is 0. The first-order valence-corrected chi connectivity index (χ1v) is 5.00. The summed E-state index contributed by atoms with van der Waals surface area (Å²) in [5.74, 6) is 0.554. The van der Waals surface area contributed by atoms with Crippen molar-refractivity contribution in [3.8, 4) is 12.1 Å². The van der Waals surface area contributed by atoms with E-state index in [0.29, 0.717) is 5.92 Å². The van der Waals surface area contributed by atoms with Crippen LogP contribution in [-0.4, -0.2) is 0 Å². The topological polar surface area (TPSA) is 47.6 Å². The number of rotatable bonds is 0. The normalized spacial score (nSPS) is 25.3. The number of nitrogens with zero attached hydrogens (tertiary/aromatic N) is 2. The number of benzene rings is 1. The minimum atomic E-state index is 0.186. The SMILES string of the molecule is N#CC1=C[C@@H]2C[C@H]1c1c(C#N)cccc12. The molecule has 2 heteroatoms. The summed E-state index contributed by atoms with van der Waals surface area (Å²) in [4.78, 5) is 0. The first kappa shape index (κ1) is 8.26. The molecule has 2 nitrogen and oxygen atoms in total. The molecule has 0 fully saturated rings. The van der Waals surface area contributed by atoms with Crippen LogP contribution in [0.15, 0.2) is 29.8 Å². The fraction of sp³-hybridized carbons (Fsp3) is 0.231. The molecule has 0 spiro atoms. The van der Waals surface area contributed by atoms with E-state index in [1.165, 1.54) is 5.56 Å². The zero-order chi connectivity index (χ0) is 10.4. The monoisotopic (exact) mass is 192 g/mol. The van der Waals surface area contributed by atoms with E-state index >= 15 is 0 Å². The maximum absolute atomic E-state index is 9.04. The largest absolute Gasteiger partial charge is 0.193 e. The van der Waals surface area contributed by atoms with Gasteiger partial charge in [-0.3, -0.25) is 0 Å². The zero-order valence-electron chi connectivity index (χ0n) is 8.07. The summed E-state index contributed by atoms with van der Waals surface area (Å²) in [6.07, 6.45) is 3.03. The standard InChI is InChI=1S/C13H8N2/c14-6-8-2-1-3-11-9-4-10(7-15)12(5-9)13(8)11/h1-4,9,12H,5H2/t9-,12-/m1/s1. The molecule has 0 heterocycles. The molecule has 0 unspecified atom stereocenters. The van der Waals surface area contributed by atoms with E-state index in [1.54, 1.807) is 0 Å². The summed E-state index contributed by atoms with van der Waals surface area (Å²) >= 11 is 0. The zero-order valence-corrected chi connectivity index (χ0v) is 8.07. The van der Waals surface area contributed by atoms with Gasteiger partial charge < -0.3 is 0 Å². The van der Waals surface area contributed by atoms with Crippen LogP contribution in [0.25, 0.3) is 0 Å². The average Bonchev–Trinajstić information content (AvgIpc) is 2.86. The van der Waals surface area contributed by atoms with Crippen molar-refractivity contribution in [3.05, 3.63) is 46.5 Å². The molecule has 2 bridgehead atoms. The molecule has 1 aromatic carbocycles. The lowest BCUT2D eigenvalue weighted by atomic mass is 9.88. The molecule has 0 saturated carbocycles. The Morgan fingerprint density at radius 2 is 2.07 bits per heavy atom. The van der Waals surface area contributed by atoms with Gasteiger partial charge in [-0.1, -0.05) is 18.2 Å². The van der Waals surface area contributed by atoms with Gasteiger partial charge in [0.1, 0.15) is 0 Å². The van der Waals surface area contributed by atoms with Crippen LogP contribution in [0.1, 0.15) is 34.9 Å². The van der Waals surface area contributed by atoms with E-state index < -0.39 is 0 Å². The summed E-state index contributed by atoms with van der Waals surface area (Å²) < 4.78 is 0. The highest BCUT2D eigenvalue weighted by Crippen LogP contribution is 2.52. The van der Waals surface area contributed by atoms with Gasteiger partial charge in [-0.05, 0) is 23.6 Å². The van der Waals surface area contributed by atoms with Crippen molar-refractivity contribution >= 4 is 0 Å². The summed E-state index contributed by atoms with van der Waals surface area (Å²) in [5, 5.41) is 18.0. The molecule has 1 aromatic rings. The van der Waals surface area contributed by atoms with E-state index in [0.717, 1.165) is 23.1 Å². The molecule has 0 amide bonds. The summed E-state index contributed by atoms with van der Waals surface area (Å²) in [5.41, 5.74) is 3.93. The molecule has 0 N–H and O–H groups in total.